The van der Waals surface area contributed by atoms with E-state index < -0.39 is 10.0 Å². The Morgan fingerprint density at radius 1 is 0.880 bits per heavy atom. The van der Waals surface area contributed by atoms with Crippen LogP contribution in [0, 0.1) is 6.92 Å². The monoisotopic (exact) mass is 352 g/mol. The van der Waals surface area contributed by atoms with E-state index in [9.17, 15) is 8.42 Å². The van der Waals surface area contributed by atoms with E-state index >= 15 is 0 Å². The number of nitrogens with zero attached hydrogens (tertiary/aromatic N) is 1. The lowest BCUT2D eigenvalue weighted by molar-refractivity contribution is 0.601. The van der Waals surface area contributed by atoms with Gasteiger partial charge in [-0.1, -0.05) is 35.9 Å². The molecular formula is C20H20N2O2S. The second kappa shape index (κ2) is 7.49. The molecule has 0 bridgehead atoms. The molecule has 128 valence electrons. The van der Waals surface area contributed by atoms with Crippen molar-refractivity contribution < 1.29 is 8.42 Å². The van der Waals surface area contributed by atoms with Gasteiger partial charge in [0, 0.05) is 12.4 Å². The van der Waals surface area contributed by atoms with Crippen molar-refractivity contribution in [1.29, 1.82) is 0 Å². The van der Waals surface area contributed by atoms with Crippen LogP contribution < -0.4 is 4.72 Å². The van der Waals surface area contributed by atoms with Crippen LogP contribution in [0.25, 0.3) is 0 Å². The first-order valence-electron chi connectivity index (χ1n) is 8.11. The van der Waals surface area contributed by atoms with Crippen LogP contribution in [0.5, 0.6) is 0 Å². The summed E-state index contributed by atoms with van der Waals surface area (Å²) in [7, 11) is -3.60. The van der Waals surface area contributed by atoms with Crippen LogP contribution >= 0.6 is 0 Å². The molecule has 25 heavy (non-hydrogen) atoms. The van der Waals surface area contributed by atoms with Crippen molar-refractivity contribution in [2.75, 3.05) is 4.72 Å². The average molecular weight is 352 g/mol. The Morgan fingerprint density at radius 3 is 2.28 bits per heavy atom. The van der Waals surface area contributed by atoms with E-state index in [4.69, 9.17) is 0 Å². The van der Waals surface area contributed by atoms with E-state index in [2.05, 4.69) is 9.71 Å². The molecule has 0 spiro atoms. The molecule has 3 aromatic rings. The number of rotatable bonds is 6. The van der Waals surface area contributed by atoms with Gasteiger partial charge in [-0.15, -0.1) is 0 Å². The lowest BCUT2D eigenvalue weighted by atomic mass is 10.0. The third-order valence-electron chi connectivity index (χ3n) is 4.03. The fourth-order valence-electron chi connectivity index (χ4n) is 2.59. The number of nitrogens with one attached hydrogen (secondary N) is 1. The SMILES string of the molecule is Cc1ccc(S(=O)(=O)Nc2ccccc2CCc2ccncc2)cc1. The Hall–Kier alpha value is -2.66. The Kier molecular flexibility index (Phi) is 5.14. The molecule has 0 amide bonds. The summed E-state index contributed by atoms with van der Waals surface area (Å²) >= 11 is 0. The summed E-state index contributed by atoms with van der Waals surface area (Å²) < 4.78 is 28.0. The zero-order valence-corrected chi connectivity index (χ0v) is 14.8. The Balaban J connectivity index is 1.79. The van der Waals surface area contributed by atoms with Gasteiger partial charge in [-0.25, -0.2) is 8.42 Å². The number of benzene rings is 2. The van der Waals surface area contributed by atoms with Gasteiger partial charge in [0.25, 0.3) is 10.0 Å². The van der Waals surface area contributed by atoms with Crippen molar-refractivity contribution in [2.24, 2.45) is 0 Å². The first kappa shape index (κ1) is 17.2. The minimum atomic E-state index is -3.60. The van der Waals surface area contributed by atoms with Crippen molar-refractivity contribution in [2.45, 2.75) is 24.7 Å². The zero-order valence-electron chi connectivity index (χ0n) is 14.0. The highest BCUT2D eigenvalue weighted by Gasteiger charge is 2.15. The van der Waals surface area contributed by atoms with E-state index in [1.165, 1.54) is 5.56 Å². The van der Waals surface area contributed by atoms with E-state index in [1.807, 2.05) is 37.3 Å². The topological polar surface area (TPSA) is 59.1 Å². The highest BCUT2D eigenvalue weighted by Crippen LogP contribution is 2.22. The van der Waals surface area contributed by atoms with Gasteiger partial charge in [-0.3, -0.25) is 9.71 Å². The lowest BCUT2D eigenvalue weighted by Gasteiger charge is -2.13. The summed E-state index contributed by atoms with van der Waals surface area (Å²) in [5, 5.41) is 0. The van der Waals surface area contributed by atoms with Gasteiger partial charge >= 0.3 is 0 Å². The van der Waals surface area contributed by atoms with Crippen LogP contribution in [-0.4, -0.2) is 13.4 Å². The smallest absolute Gasteiger partial charge is 0.261 e. The number of aryl methyl sites for hydroxylation is 3. The molecule has 0 aliphatic heterocycles. The molecule has 0 aliphatic rings. The normalized spacial score (nSPS) is 11.2. The number of sulfonamides is 1. The van der Waals surface area contributed by atoms with Crippen LogP contribution in [0.2, 0.25) is 0 Å². The second-order valence-electron chi connectivity index (χ2n) is 5.93. The highest BCUT2D eigenvalue weighted by atomic mass is 32.2. The predicted octanol–water partition coefficient (Wildman–Crippen LogP) is 3.98. The summed E-state index contributed by atoms with van der Waals surface area (Å²) in [5.41, 5.74) is 3.79. The molecule has 0 unspecified atom stereocenters. The van der Waals surface area contributed by atoms with Gasteiger partial charge in [-0.05, 0) is 61.2 Å². The van der Waals surface area contributed by atoms with E-state index in [0.717, 1.165) is 24.0 Å². The standard InChI is InChI=1S/C20H20N2O2S/c1-16-6-10-19(11-7-16)25(23,24)22-20-5-3-2-4-18(20)9-8-17-12-14-21-15-13-17/h2-7,10-15,22H,8-9H2,1H3. The van der Waals surface area contributed by atoms with Crippen molar-refractivity contribution in [3.8, 4) is 0 Å². The molecule has 4 nitrogen and oxygen atoms in total. The minimum absolute atomic E-state index is 0.266. The maximum atomic E-state index is 12.6. The molecule has 0 atom stereocenters. The van der Waals surface area contributed by atoms with Gasteiger partial charge in [0.2, 0.25) is 0 Å². The molecular weight excluding hydrogens is 332 g/mol. The third kappa shape index (κ3) is 4.45. The molecule has 5 heteroatoms. The minimum Gasteiger partial charge on any atom is -0.279 e. The Bertz CT molecular complexity index is 937. The van der Waals surface area contributed by atoms with Crippen molar-refractivity contribution >= 4 is 15.7 Å². The number of pyridine rings is 1. The van der Waals surface area contributed by atoms with Gasteiger partial charge in [0.15, 0.2) is 0 Å². The maximum Gasteiger partial charge on any atom is 0.261 e. The first-order valence-corrected chi connectivity index (χ1v) is 9.59. The summed E-state index contributed by atoms with van der Waals surface area (Å²) in [6, 6.07) is 18.3. The van der Waals surface area contributed by atoms with Crippen LogP contribution in [-0.2, 0) is 22.9 Å². The largest absolute Gasteiger partial charge is 0.279 e. The van der Waals surface area contributed by atoms with Gasteiger partial charge in [0.05, 0.1) is 10.6 Å². The number of hydrogen-bond donors (Lipinski definition) is 1. The van der Waals surface area contributed by atoms with E-state index in [0.29, 0.717) is 5.69 Å². The first-order chi connectivity index (χ1) is 12.0. The number of anilines is 1. The lowest BCUT2D eigenvalue weighted by Crippen LogP contribution is -2.14. The Labute approximate surface area is 148 Å². The van der Waals surface area contributed by atoms with Crippen LogP contribution in [0.4, 0.5) is 5.69 Å². The number of aromatic nitrogens is 1. The highest BCUT2D eigenvalue weighted by molar-refractivity contribution is 7.92. The van der Waals surface area contributed by atoms with Gasteiger partial charge < -0.3 is 0 Å². The average Bonchev–Trinajstić information content (AvgIpc) is 2.62. The van der Waals surface area contributed by atoms with Crippen LogP contribution in [0.3, 0.4) is 0 Å². The molecule has 1 aromatic heterocycles. The maximum absolute atomic E-state index is 12.6. The molecule has 1 heterocycles. The molecule has 2 aromatic carbocycles. The summed E-state index contributed by atoms with van der Waals surface area (Å²) in [6.45, 7) is 1.93. The second-order valence-corrected chi connectivity index (χ2v) is 7.61. The zero-order chi connectivity index (χ0) is 17.7. The third-order valence-corrected chi connectivity index (χ3v) is 5.41. The summed E-state index contributed by atoms with van der Waals surface area (Å²) in [4.78, 5) is 4.28. The molecule has 1 N–H and O–H groups in total. The summed E-state index contributed by atoms with van der Waals surface area (Å²) in [6.07, 6.45) is 5.10. The van der Waals surface area contributed by atoms with E-state index in [-0.39, 0.29) is 4.90 Å². The quantitative estimate of drug-likeness (QED) is 0.730. The molecule has 0 saturated heterocycles. The van der Waals surface area contributed by atoms with E-state index in [1.54, 1.807) is 42.7 Å². The van der Waals surface area contributed by atoms with Crippen LogP contribution in [0.15, 0.2) is 78.0 Å². The predicted molar refractivity (Wildman–Crippen MR) is 100 cm³/mol. The molecule has 0 saturated carbocycles. The molecule has 0 aliphatic carbocycles. The van der Waals surface area contributed by atoms with Crippen molar-refractivity contribution in [3.05, 3.63) is 89.7 Å². The number of hydrogen-bond acceptors (Lipinski definition) is 3. The van der Waals surface area contributed by atoms with Crippen molar-refractivity contribution in [3.63, 3.8) is 0 Å². The van der Waals surface area contributed by atoms with Gasteiger partial charge in [0.1, 0.15) is 0 Å². The van der Waals surface area contributed by atoms with Crippen LogP contribution in [0.1, 0.15) is 16.7 Å². The fourth-order valence-corrected chi connectivity index (χ4v) is 3.69. The summed E-state index contributed by atoms with van der Waals surface area (Å²) in [5.74, 6) is 0. The molecule has 0 radical (unpaired) electrons. The van der Waals surface area contributed by atoms with Crippen molar-refractivity contribution in [1.82, 2.24) is 4.98 Å². The fraction of sp³-hybridized carbons (Fsp3) is 0.150. The molecule has 3 rings (SSSR count). The molecule has 0 fully saturated rings. The number of para-hydroxylation sites is 1. The van der Waals surface area contributed by atoms with Gasteiger partial charge in [-0.2, -0.15) is 0 Å². The Morgan fingerprint density at radius 2 is 1.56 bits per heavy atom.